The standard InChI is InChI=1S/C21H24FN5O2S/c1-11-6-7-27(25-11)13-4-5-15(18(28)8-13)20-23-24-21(30-20)29-14-9-16-12(2)19(22)17(10-14)26(16)3/h4-8,12,14,16-17,19,28H,9-10H2,1-3H3. The van der Waals surface area contributed by atoms with E-state index in [4.69, 9.17) is 4.74 Å². The lowest BCUT2D eigenvalue weighted by Gasteiger charge is -2.36. The van der Waals surface area contributed by atoms with Crippen LogP contribution in [0.15, 0.2) is 30.5 Å². The zero-order valence-electron chi connectivity index (χ0n) is 17.1. The first kappa shape index (κ1) is 19.4. The highest BCUT2D eigenvalue weighted by atomic mass is 32.1. The van der Waals surface area contributed by atoms with Crippen molar-refractivity contribution in [3.8, 4) is 27.2 Å². The van der Waals surface area contributed by atoms with Crippen LogP contribution in [0, 0.1) is 12.8 Å². The molecule has 2 aromatic heterocycles. The number of ether oxygens (including phenoxy) is 1. The third-order valence-electron chi connectivity index (χ3n) is 6.40. The van der Waals surface area contributed by atoms with E-state index >= 15 is 0 Å². The van der Waals surface area contributed by atoms with Crippen molar-refractivity contribution in [2.75, 3.05) is 7.05 Å². The quantitative estimate of drug-likeness (QED) is 0.683. The summed E-state index contributed by atoms with van der Waals surface area (Å²) in [5, 5.41) is 24.3. The first-order chi connectivity index (χ1) is 14.4. The van der Waals surface area contributed by atoms with Crippen LogP contribution in [0.1, 0.15) is 25.5 Å². The summed E-state index contributed by atoms with van der Waals surface area (Å²) in [5.41, 5.74) is 2.26. The predicted molar refractivity (Wildman–Crippen MR) is 112 cm³/mol. The number of aryl methyl sites for hydroxylation is 1. The van der Waals surface area contributed by atoms with Crippen molar-refractivity contribution in [1.29, 1.82) is 0 Å². The van der Waals surface area contributed by atoms with Gasteiger partial charge >= 0.3 is 0 Å². The molecule has 158 valence electrons. The number of piperidine rings is 1. The van der Waals surface area contributed by atoms with Gasteiger partial charge in [0.25, 0.3) is 5.19 Å². The molecule has 9 heteroatoms. The van der Waals surface area contributed by atoms with Crippen LogP contribution in [-0.4, -0.2) is 61.4 Å². The number of aromatic hydroxyl groups is 1. The van der Waals surface area contributed by atoms with Gasteiger partial charge in [0.2, 0.25) is 0 Å². The van der Waals surface area contributed by atoms with E-state index in [0.717, 1.165) is 17.8 Å². The number of halogens is 1. The fourth-order valence-electron chi connectivity index (χ4n) is 4.72. The normalized spacial score (nSPS) is 28.7. The fourth-order valence-corrected chi connectivity index (χ4v) is 5.52. The maximum Gasteiger partial charge on any atom is 0.294 e. The molecule has 2 saturated heterocycles. The minimum atomic E-state index is -0.812. The van der Waals surface area contributed by atoms with E-state index in [-0.39, 0.29) is 29.9 Å². The van der Waals surface area contributed by atoms with Gasteiger partial charge in [-0.2, -0.15) is 5.10 Å². The van der Waals surface area contributed by atoms with Gasteiger partial charge in [0.1, 0.15) is 18.0 Å². The Labute approximate surface area is 178 Å². The Morgan fingerprint density at radius 1 is 1.20 bits per heavy atom. The van der Waals surface area contributed by atoms with Gasteiger partial charge in [-0.3, -0.25) is 4.90 Å². The maximum absolute atomic E-state index is 14.5. The lowest BCUT2D eigenvalue weighted by Crippen LogP contribution is -2.45. The molecule has 1 aromatic carbocycles. The molecular formula is C21H24FN5O2S. The highest BCUT2D eigenvalue weighted by Gasteiger charge is 2.50. The summed E-state index contributed by atoms with van der Waals surface area (Å²) in [6.07, 6.45) is 2.40. The van der Waals surface area contributed by atoms with E-state index in [0.29, 0.717) is 22.2 Å². The smallest absolute Gasteiger partial charge is 0.294 e. The average Bonchev–Trinajstić information content (AvgIpc) is 3.39. The van der Waals surface area contributed by atoms with Crippen molar-refractivity contribution in [2.45, 2.75) is 51.0 Å². The fraction of sp³-hybridized carbons (Fsp3) is 0.476. The lowest BCUT2D eigenvalue weighted by molar-refractivity contribution is 0.0530. The zero-order valence-corrected chi connectivity index (χ0v) is 17.9. The number of hydrogen-bond acceptors (Lipinski definition) is 7. The summed E-state index contributed by atoms with van der Waals surface area (Å²) in [7, 11) is 2.00. The minimum absolute atomic E-state index is 0.0209. The molecule has 1 N–H and O–H groups in total. The van der Waals surface area contributed by atoms with Crippen LogP contribution >= 0.6 is 11.3 Å². The number of aromatic nitrogens is 4. The summed E-state index contributed by atoms with van der Waals surface area (Å²) >= 11 is 1.29. The molecule has 2 fully saturated rings. The molecule has 4 heterocycles. The van der Waals surface area contributed by atoms with Crippen LogP contribution in [0.25, 0.3) is 16.3 Å². The van der Waals surface area contributed by atoms with Crippen LogP contribution in [0.3, 0.4) is 0 Å². The topological polar surface area (TPSA) is 76.3 Å². The average molecular weight is 430 g/mol. The summed E-state index contributed by atoms with van der Waals surface area (Å²) in [6.45, 7) is 3.89. The Morgan fingerprint density at radius 3 is 2.70 bits per heavy atom. The van der Waals surface area contributed by atoms with Crippen LogP contribution in [-0.2, 0) is 0 Å². The highest BCUT2D eigenvalue weighted by molar-refractivity contribution is 7.16. The van der Waals surface area contributed by atoms with E-state index in [1.165, 1.54) is 11.3 Å². The number of phenolic OH excluding ortho intramolecular Hbond substituents is 1. The van der Waals surface area contributed by atoms with E-state index in [1.807, 2.05) is 39.2 Å². The minimum Gasteiger partial charge on any atom is -0.507 e. The van der Waals surface area contributed by atoms with Crippen molar-refractivity contribution in [2.24, 2.45) is 5.92 Å². The third-order valence-corrected chi connectivity index (χ3v) is 7.25. The number of alkyl halides is 1. The van der Waals surface area contributed by atoms with Crippen molar-refractivity contribution < 1.29 is 14.2 Å². The van der Waals surface area contributed by atoms with Gasteiger partial charge in [0.05, 0.1) is 16.9 Å². The van der Waals surface area contributed by atoms with Crippen molar-refractivity contribution >= 4 is 11.3 Å². The number of phenols is 1. The highest BCUT2D eigenvalue weighted by Crippen LogP contribution is 2.42. The molecule has 0 amide bonds. The molecule has 5 unspecified atom stereocenters. The molecule has 0 radical (unpaired) electrons. The van der Waals surface area contributed by atoms with Crippen LogP contribution in [0.5, 0.6) is 10.9 Å². The molecule has 0 saturated carbocycles. The van der Waals surface area contributed by atoms with Gasteiger partial charge in [-0.25, -0.2) is 9.07 Å². The van der Waals surface area contributed by atoms with E-state index in [2.05, 4.69) is 20.2 Å². The molecule has 3 aromatic rings. The number of hydrogen-bond donors (Lipinski definition) is 1. The summed E-state index contributed by atoms with van der Waals surface area (Å²) < 4.78 is 22.3. The van der Waals surface area contributed by atoms with Crippen molar-refractivity contribution in [1.82, 2.24) is 24.9 Å². The van der Waals surface area contributed by atoms with Crippen molar-refractivity contribution in [3.05, 3.63) is 36.2 Å². The van der Waals surface area contributed by atoms with Gasteiger partial charge in [0.15, 0.2) is 5.01 Å². The number of rotatable bonds is 4. The van der Waals surface area contributed by atoms with Crippen LogP contribution < -0.4 is 4.74 Å². The molecular weight excluding hydrogens is 405 g/mol. The summed E-state index contributed by atoms with van der Waals surface area (Å²) in [5.74, 6) is 0.127. The number of nitrogens with zero attached hydrogens (tertiary/aromatic N) is 5. The zero-order chi connectivity index (χ0) is 21.0. The Bertz CT molecular complexity index is 1040. The maximum atomic E-state index is 14.5. The Balaban J connectivity index is 1.31. The van der Waals surface area contributed by atoms with E-state index in [1.54, 1.807) is 16.8 Å². The third kappa shape index (κ3) is 3.26. The largest absolute Gasteiger partial charge is 0.507 e. The van der Waals surface area contributed by atoms with E-state index in [9.17, 15) is 9.50 Å². The lowest BCUT2D eigenvalue weighted by atomic mass is 9.98. The van der Waals surface area contributed by atoms with Crippen LogP contribution in [0.2, 0.25) is 0 Å². The second-order valence-electron chi connectivity index (χ2n) is 8.29. The van der Waals surface area contributed by atoms with Gasteiger partial charge in [-0.1, -0.05) is 23.4 Å². The van der Waals surface area contributed by atoms with Crippen LogP contribution in [0.4, 0.5) is 4.39 Å². The number of benzene rings is 1. The van der Waals surface area contributed by atoms with Gasteiger partial charge < -0.3 is 9.84 Å². The van der Waals surface area contributed by atoms with Gasteiger partial charge in [-0.05, 0) is 32.2 Å². The number of fused-ring (bicyclic) bond motifs is 2. The first-order valence-electron chi connectivity index (χ1n) is 10.1. The second kappa shape index (κ2) is 7.31. The molecule has 2 aliphatic rings. The molecule has 2 bridgehead atoms. The van der Waals surface area contributed by atoms with Gasteiger partial charge in [0, 0.05) is 43.1 Å². The monoisotopic (exact) mass is 429 g/mol. The summed E-state index contributed by atoms with van der Waals surface area (Å²) in [6, 6.07) is 7.33. The SMILES string of the molecule is Cc1ccn(-c2ccc(-c3nnc(OC4CC5C(C)C(F)C(C4)N5C)s3)c(O)c2)n1. The molecule has 5 atom stereocenters. The Hall–Kier alpha value is -2.52. The Kier molecular flexibility index (Phi) is 4.74. The first-order valence-corrected chi connectivity index (χ1v) is 10.9. The molecule has 5 rings (SSSR count). The molecule has 0 spiro atoms. The van der Waals surface area contributed by atoms with E-state index < -0.39 is 6.17 Å². The molecule has 2 aliphatic heterocycles. The summed E-state index contributed by atoms with van der Waals surface area (Å²) in [4.78, 5) is 2.15. The predicted octanol–water partition coefficient (Wildman–Crippen LogP) is 3.60. The molecule has 0 aliphatic carbocycles. The second-order valence-corrected chi connectivity index (χ2v) is 9.23. The van der Waals surface area contributed by atoms with Crippen molar-refractivity contribution in [3.63, 3.8) is 0 Å². The van der Waals surface area contributed by atoms with Gasteiger partial charge in [-0.15, -0.1) is 5.10 Å². The molecule has 30 heavy (non-hydrogen) atoms. The Morgan fingerprint density at radius 2 is 2.00 bits per heavy atom. The molecule has 7 nitrogen and oxygen atoms in total.